The summed E-state index contributed by atoms with van der Waals surface area (Å²) in [7, 11) is 0. The Balaban J connectivity index is 2.11. The highest BCUT2D eigenvalue weighted by Crippen LogP contribution is 2.25. The number of hydrogen-bond acceptors (Lipinski definition) is 5. The smallest absolute Gasteiger partial charge is 0.270 e. The molecule has 0 bridgehead atoms. The maximum Gasteiger partial charge on any atom is 0.270 e. The molecule has 5 N–H and O–H groups in total. The molecule has 0 heterocycles. The van der Waals surface area contributed by atoms with Crippen LogP contribution in [0.2, 0.25) is 0 Å². The van der Waals surface area contributed by atoms with E-state index in [0.717, 1.165) is 0 Å². The van der Waals surface area contributed by atoms with Gasteiger partial charge in [-0.15, -0.1) is 0 Å². The molecule has 1 atom stereocenters. The van der Waals surface area contributed by atoms with Gasteiger partial charge in [0.15, 0.2) is 11.5 Å². The fourth-order valence-corrected chi connectivity index (χ4v) is 2.02. The summed E-state index contributed by atoms with van der Waals surface area (Å²) in [6, 6.07) is 11.5. The van der Waals surface area contributed by atoms with Gasteiger partial charge < -0.3 is 15.5 Å². The van der Waals surface area contributed by atoms with E-state index in [1.807, 2.05) is 0 Å². The normalized spacial score (nSPS) is 11.9. The summed E-state index contributed by atoms with van der Waals surface area (Å²) in [4.78, 5) is 23.7. The van der Waals surface area contributed by atoms with Crippen LogP contribution in [-0.2, 0) is 9.59 Å². The van der Waals surface area contributed by atoms with E-state index in [-0.39, 0.29) is 11.5 Å². The van der Waals surface area contributed by atoms with Crippen LogP contribution < -0.4 is 10.8 Å². The Bertz CT molecular complexity index is 759. The molecule has 0 aliphatic rings. The third kappa shape index (κ3) is 4.34. The van der Waals surface area contributed by atoms with E-state index < -0.39 is 17.9 Å². The molecule has 2 rings (SSSR count). The van der Waals surface area contributed by atoms with Crippen LogP contribution in [0.3, 0.4) is 0 Å². The van der Waals surface area contributed by atoms with Gasteiger partial charge in [-0.1, -0.05) is 36.4 Å². The Kier molecular flexibility index (Phi) is 5.54. The van der Waals surface area contributed by atoms with Crippen molar-refractivity contribution in [3.8, 4) is 11.5 Å². The number of hydroxylamine groups is 1. The summed E-state index contributed by atoms with van der Waals surface area (Å²) in [5, 5.41) is 29.9. The molecule has 0 radical (unpaired) electrons. The molecule has 7 heteroatoms. The highest BCUT2D eigenvalue weighted by molar-refractivity contribution is 5.95. The van der Waals surface area contributed by atoms with E-state index in [9.17, 15) is 19.8 Å². The van der Waals surface area contributed by atoms with Crippen LogP contribution in [0.4, 0.5) is 0 Å². The average Bonchev–Trinajstić information content (AvgIpc) is 2.60. The van der Waals surface area contributed by atoms with E-state index in [2.05, 4.69) is 5.32 Å². The van der Waals surface area contributed by atoms with Crippen LogP contribution in [-0.4, -0.2) is 27.2 Å². The predicted molar refractivity (Wildman–Crippen MR) is 86.1 cm³/mol. The molecule has 0 aromatic heterocycles. The number of carbonyl (C=O) groups is 2. The van der Waals surface area contributed by atoms with E-state index >= 15 is 0 Å². The van der Waals surface area contributed by atoms with Crippen LogP contribution in [0.5, 0.6) is 11.5 Å². The van der Waals surface area contributed by atoms with Crippen LogP contribution in [0.25, 0.3) is 6.08 Å². The predicted octanol–water partition coefficient (Wildman–Crippen LogP) is 1.47. The molecule has 124 valence electrons. The van der Waals surface area contributed by atoms with Gasteiger partial charge in [0.05, 0.1) is 0 Å². The van der Waals surface area contributed by atoms with Crippen LogP contribution >= 0.6 is 0 Å². The Hall–Kier alpha value is -3.32. The topological polar surface area (TPSA) is 119 Å². The number of nitrogens with one attached hydrogen (secondary N) is 2. The van der Waals surface area contributed by atoms with Crippen molar-refractivity contribution in [2.45, 2.75) is 6.04 Å². The summed E-state index contributed by atoms with van der Waals surface area (Å²) in [5.74, 6) is -1.91. The first-order valence-corrected chi connectivity index (χ1v) is 7.00. The van der Waals surface area contributed by atoms with E-state index in [4.69, 9.17) is 5.21 Å². The molecule has 0 saturated carbocycles. The maximum atomic E-state index is 12.0. The maximum absolute atomic E-state index is 12.0. The number of phenols is 2. The minimum atomic E-state index is -1.05. The lowest BCUT2D eigenvalue weighted by molar-refractivity contribution is -0.133. The van der Waals surface area contributed by atoms with Crippen molar-refractivity contribution in [1.82, 2.24) is 10.8 Å². The second-order valence-electron chi connectivity index (χ2n) is 4.91. The van der Waals surface area contributed by atoms with Gasteiger partial charge in [-0.05, 0) is 29.3 Å². The Morgan fingerprint density at radius 1 is 1.00 bits per heavy atom. The molecule has 0 spiro atoms. The lowest BCUT2D eigenvalue weighted by Gasteiger charge is -2.16. The number of amides is 2. The summed E-state index contributed by atoms with van der Waals surface area (Å²) in [5.41, 5.74) is 2.51. The molecule has 0 unspecified atom stereocenters. The van der Waals surface area contributed by atoms with Gasteiger partial charge in [-0.25, -0.2) is 5.48 Å². The molecular formula is C17H16N2O5. The van der Waals surface area contributed by atoms with Crippen molar-refractivity contribution in [1.29, 1.82) is 0 Å². The van der Waals surface area contributed by atoms with E-state index in [1.54, 1.807) is 30.3 Å². The van der Waals surface area contributed by atoms with Gasteiger partial charge in [-0.3, -0.25) is 14.8 Å². The first-order chi connectivity index (χ1) is 11.5. The van der Waals surface area contributed by atoms with Crippen molar-refractivity contribution in [3.05, 3.63) is 65.7 Å². The molecule has 7 nitrogen and oxygen atoms in total. The summed E-state index contributed by atoms with van der Waals surface area (Å²) in [6.45, 7) is 0. The number of rotatable bonds is 5. The second-order valence-corrected chi connectivity index (χ2v) is 4.91. The Labute approximate surface area is 137 Å². The van der Waals surface area contributed by atoms with Crippen LogP contribution in [0.15, 0.2) is 54.6 Å². The van der Waals surface area contributed by atoms with Gasteiger partial charge in [-0.2, -0.15) is 0 Å². The van der Waals surface area contributed by atoms with E-state index in [0.29, 0.717) is 11.1 Å². The van der Waals surface area contributed by atoms with Gasteiger partial charge in [0.25, 0.3) is 5.91 Å². The highest BCUT2D eigenvalue weighted by atomic mass is 16.5. The lowest BCUT2D eigenvalue weighted by atomic mass is 10.1. The molecule has 2 aromatic rings. The third-order valence-corrected chi connectivity index (χ3v) is 3.22. The summed E-state index contributed by atoms with van der Waals surface area (Å²) in [6.07, 6.45) is 2.58. The molecule has 24 heavy (non-hydrogen) atoms. The van der Waals surface area contributed by atoms with Crippen molar-refractivity contribution in [2.24, 2.45) is 0 Å². The molecule has 0 aliphatic heterocycles. The number of phenolic OH excluding ortho intramolecular Hbond substituents is 2. The largest absolute Gasteiger partial charge is 0.504 e. The lowest BCUT2D eigenvalue weighted by Crippen LogP contribution is -2.38. The Morgan fingerprint density at radius 3 is 2.33 bits per heavy atom. The fourth-order valence-electron chi connectivity index (χ4n) is 2.02. The molecule has 0 fully saturated rings. The average molecular weight is 328 g/mol. The zero-order valence-corrected chi connectivity index (χ0v) is 12.5. The van der Waals surface area contributed by atoms with Gasteiger partial charge in [0.2, 0.25) is 5.91 Å². The Morgan fingerprint density at radius 2 is 1.71 bits per heavy atom. The number of benzene rings is 2. The standard InChI is InChI=1S/C17H16N2O5/c20-13-8-6-11(10-14(13)21)7-9-15(22)18-16(17(23)19-24)12-4-2-1-3-5-12/h1-10,16,20-21,24H,(H,18,22)(H,19,23)/b9-7+/t16-/m0/s1. The minimum absolute atomic E-state index is 0.264. The molecule has 0 aliphatic carbocycles. The molecule has 2 aromatic carbocycles. The van der Waals surface area contributed by atoms with Crippen molar-refractivity contribution >= 4 is 17.9 Å². The second kappa shape index (κ2) is 7.80. The third-order valence-electron chi connectivity index (χ3n) is 3.22. The van der Waals surface area contributed by atoms with Crippen molar-refractivity contribution < 1.29 is 25.0 Å². The number of aromatic hydroxyl groups is 2. The van der Waals surface area contributed by atoms with Gasteiger partial charge >= 0.3 is 0 Å². The molecular weight excluding hydrogens is 312 g/mol. The summed E-state index contributed by atoms with van der Waals surface area (Å²) >= 11 is 0. The number of carbonyl (C=O) groups excluding carboxylic acids is 2. The fraction of sp³-hybridized carbons (Fsp3) is 0.0588. The summed E-state index contributed by atoms with van der Waals surface area (Å²) < 4.78 is 0. The monoisotopic (exact) mass is 328 g/mol. The zero-order valence-electron chi connectivity index (χ0n) is 12.5. The highest BCUT2D eigenvalue weighted by Gasteiger charge is 2.21. The van der Waals surface area contributed by atoms with Crippen LogP contribution in [0.1, 0.15) is 17.2 Å². The van der Waals surface area contributed by atoms with Crippen molar-refractivity contribution in [2.75, 3.05) is 0 Å². The van der Waals surface area contributed by atoms with Crippen LogP contribution in [0, 0.1) is 0 Å². The SMILES string of the molecule is O=C(/C=C/c1ccc(O)c(O)c1)N[C@H](C(=O)NO)c1ccccc1. The van der Waals surface area contributed by atoms with Crippen molar-refractivity contribution in [3.63, 3.8) is 0 Å². The number of hydrogen-bond donors (Lipinski definition) is 5. The van der Waals surface area contributed by atoms with Gasteiger partial charge in [0.1, 0.15) is 6.04 Å². The zero-order chi connectivity index (χ0) is 17.5. The molecule has 0 saturated heterocycles. The minimum Gasteiger partial charge on any atom is -0.504 e. The van der Waals surface area contributed by atoms with E-state index in [1.165, 1.54) is 35.8 Å². The first kappa shape index (κ1) is 17.0. The first-order valence-electron chi connectivity index (χ1n) is 7.00. The molecule has 2 amide bonds. The van der Waals surface area contributed by atoms with Gasteiger partial charge in [0, 0.05) is 6.08 Å². The quantitative estimate of drug-likeness (QED) is 0.246.